The molecule has 0 atom stereocenters. The average molecular weight is 567 g/mol. The maximum Gasteiger partial charge on any atom is 0.305 e. The molecule has 5 N–H and O–H groups in total. The summed E-state index contributed by atoms with van der Waals surface area (Å²) in [4.78, 5) is 11.0. The Hall–Kier alpha value is -4.79. The fourth-order valence-corrected chi connectivity index (χ4v) is 6.08. The summed E-state index contributed by atoms with van der Waals surface area (Å²) in [6, 6.07) is 21.9. The van der Waals surface area contributed by atoms with Crippen LogP contribution in [0.1, 0.15) is 67.2 Å². The van der Waals surface area contributed by atoms with Gasteiger partial charge in [-0.25, -0.2) is 5.43 Å². The predicted molar refractivity (Wildman–Crippen MR) is 160 cm³/mol. The topological polar surface area (TPSA) is 139 Å². The van der Waals surface area contributed by atoms with Crippen molar-refractivity contribution in [1.29, 1.82) is 5.41 Å². The minimum atomic E-state index is -1.22. The van der Waals surface area contributed by atoms with Crippen LogP contribution in [0.15, 0.2) is 77.4 Å². The second-order valence-corrected chi connectivity index (χ2v) is 10.7. The van der Waals surface area contributed by atoms with Gasteiger partial charge in [0.15, 0.2) is 11.5 Å². The molecule has 6 rings (SSSR count). The van der Waals surface area contributed by atoms with E-state index >= 15 is 0 Å². The number of hydrogen-bond acceptors (Lipinski definition) is 6. The molecule has 3 aliphatic rings. The quantitative estimate of drug-likeness (QED) is 0.112. The molecule has 3 aromatic rings. The average Bonchev–Trinajstić information content (AvgIpc) is 3.61. The Morgan fingerprint density at radius 3 is 2.29 bits per heavy atom. The standard InChI is InChI=1S/C33H34N4O5/c34-32(35)37-36-26-18-17-21-20-27(40-19-8-7-16-28(38)39)30-31(29(21)25-15-9-14-24(25)26)42-33(41-30,22-10-3-1-4-11-22)23-12-5-2-6-13-23/h1-6,10-13,20H,7-9,14-19H2,(H,38,39)(H4,34,35,37)/b36-26+. The lowest BCUT2D eigenvalue weighted by Crippen LogP contribution is -2.36. The molecule has 0 saturated heterocycles. The number of benzene rings is 3. The highest BCUT2D eigenvalue weighted by Gasteiger charge is 2.49. The zero-order chi connectivity index (χ0) is 29.1. The van der Waals surface area contributed by atoms with Gasteiger partial charge in [-0.05, 0) is 67.7 Å². The van der Waals surface area contributed by atoms with E-state index in [-0.39, 0.29) is 12.4 Å². The third-order valence-corrected chi connectivity index (χ3v) is 7.94. The summed E-state index contributed by atoms with van der Waals surface area (Å²) in [5, 5.41) is 21.1. The van der Waals surface area contributed by atoms with Crippen molar-refractivity contribution in [3.05, 3.63) is 94.6 Å². The Morgan fingerprint density at radius 1 is 0.952 bits per heavy atom. The number of unbranched alkanes of at least 4 members (excludes halogenated alkanes) is 1. The number of fused-ring (bicyclic) bond motifs is 4. The Balaban J connectivity index is 1.48. The normalized spacial score (nSPS) is 17.4. The maximum absolute atomic E-state index is 11.0. The third-order valence-electron chi connectivity index (χ3n) is 7.94. The van der Waals surface area contributed by atoms with Crippen LogP contribution in [0.4, 0.5) is 0 Å². The van der Waals surface area contributed by atoms with Crippen LogP contribution in [0.5, 0.6) is 17.2 Å². The summed E-state index contributed by atoms with van der Waals surface area (Å²) in [5.74, 6) is -0.464. The number of carboxylic acid groups (broad SMARTS) is 1. The van der Waals surface area contributed by atoms with E-state index in [4.69, 9.17) is 30.5 Å². The third kappa shape index (κ3) is 5.18. The fourth-order valence-electron chi connectivity index (χ4n) is 6.08. The van der Waals surface area contributed by atoms with E-state index in [1.807, 2.05) is 66.7 Å². The molecule has 0 spiro atoms. The molecule has 0 bridgehead atoms. The van der Waals surface area contributed by atoms with E-state index in [9.17, 15) is 4.79 Å². The lowest BCUT2D eigenvalue weighted by molar-refractivity contribution is -0.137. The summed E-state index contributed by atoms with van der Waals surface area (Å²) in [6.45, 7) is 0.356. The van der Waals surface area contributed by atoms with Crippen molar-refractivity contribution < 1.29 is 24.1 Å². The van der Waals surface area contributed by atoms with Crippen molar-refractivity contribution in [2.75, 3.05) is 6.61 Å². The largest absolute Gasteiger partial charge is 0.490 e. The Labute approximate surface area is 244 Å². The van der Waals surface area contributed by atoms with Gasteiger partial charge in [-0.3, -0.25) is 10.2 Å². The number of nitrogens with zero attached hydrogens (tertiary/aromatic N) is 1. The number of hydrazone groups is 1. The molecule has 2 aliphatic carbocycles. The second kappa shape index (κ2) is 11.6. The van der Waals surface area contributed by atoms with Gasteiger partial charge in [0, 0.05) is 23.1 Å². The number of nitrogens with two attached hydrogens (primary N) is 1. The van der Waals surface area contributed by atoms with Gasteiger partial charge in [-0.2, -0.15) is 5.10 Å². The van der Waals surface area contributed by atoms with E-state index in [0.717, 1.165) is 52.8 Å². The van der Waals surface area contributed by atoms with Gasteiger partial charge >= 0.3 is 11.8 Å². The van der Waals surface area contributed by atoms with E-state index in [1.54, 1.807) is 0 Å². The first-order valence-corrected chi connectivity index (χ1v) is 14.4. The summed E-state index contributed by atoms with van der Waals surface area (Å²) in [7, 11) is 0. The Kier molecular flexibility index (Phi) is 7.56. The molecule has 0 amide bonds. The second-order valence-electron chi connectivity index (χ2n) is 10.7. The van der Waals surface area contributed by atoms with Crippen LogP contribution >= 0.6 is 0 Å². The van der Waals surface area contributed by atoms with Crippen LogP contribution < -0.4 is 25.4 Å². The van der Waals surface area contributed by atoms with Gasteiger partial charge in [-0.15, -0.1) is 0 Å². The number of allylic oxidation sites excluding steroid dienone is 2. The monoisotopic (exact) mass is 566 g/mol. The smallest absolute Gasteiger partial charge is 0.305 e. The molecule has 3 aromatic carbocycles. The SMILES string of the molecule is N=C(N)N/N=C1\CCc2cc(OCCCCC(=O)O)c3c(c2C2=C1CCC2)OC(c1ccccc1)(c1ccccc1)O3. The van der Waals surface area contributed by atoms with Crippen molar-refractivity contribution in [3.63, 3.8) is 0 Å². The minimum Gasteiger partial charge on any atom is -0.490 e. The summed E-state index contributed by atoms with van der Waals surface area (Å²) < 4.78 is 20.3. The van der Waals surface area contributed by atoms with Gasteiger partial charge in [0.05, 0.1) is 12.3 Å². The highest BCUT2D eigenvalue weighted by molar-refractivity contribution is 6.09. The van der Waals surface area contributed by atoms with Crippen LogP contribution in [0, 0.1) is 5.41 Å². The number of carboxylic acids is 1. The van der Waals surface area contributed by atoms with Crippen LogP contribution in [-0.4, -0.2) is 29.4 Å². The van der Waals surface area contributed by atoms with E-state index in [0.29, 0.717) is 49.5 Å². The van der Waals surface area contributed by atoms with Gasteiger partial charge in [0.1, 0.15) is 0 Å². The van der Waals surface area contributed by atoms with Gasteiger partial charge < -0.3 is 25.1 Å². The molecule has 9 nitrogen and oxygen atoms in total. The molecule has 0 aromatic heterocycles. The minimum absolute atomic E-state index is 0.101. The molecule has 9 heteroatoms. The number of ether oxygens (including phenoxy) is 3. The number of rotatable bonds is 9. The molecule has 0 fully saturated rings. The summed E-state index contributed by atoms with van der Waals surface area (Å²) in [5.41, 5.74) is 15.3. The van der Waals surface area contributed by atoms with Crippen LogP contribution in [0.2, 0.25) is 0 Å². The molecule has 42 heavy (non-hydrogen) atoms. The predicted octanol–water partition coefficient (Wildman–Crippen LogP) is 5.72. The maximum atomic E-state index is 11.0. The zero-order valence-corrected chi connectivity index (χ0v) is 23.3. The van der Waals surface area contributed by atoms with E-state index < -0.39 is 11.8 Å². The van der Waals surface area contributed by atoms with Crippen LogP contribution in [0.25, 0.3) is 5.57 Å². The van der Waals surface area contributed by atoms with E-state index in [2.05, 4.69) is 10.5 Å². The van der Waals surface area contributed by atoms with Crippen molar-refractivity contribution in [2.45, 2.75) is 57.2 Å². The van der Waals surface area contributed by atoms with E-state index in [1.165, 1.54) is 5.57 Å². The zero-order valence-electron chi connectivity index (χ0n) is 23.3. The number of guanidine groups is 1. The fraction of sp³-hybridized carbons (Fsp3) is 0.303. The number of nitrogens with one attached hydrogen (secondary N) is 2. The highest BCUT2D eigenvalue weighted by atomic mass is 16.7. The Bertz CT molecular complexity index is 1530. The van der Waals surface area contributed by atoms with Crippen LogP contribution in [0.3, 0.4) is 0 Å². The molecule has 216 valence electrons. The molecule has 1 aliphatic heterocycles. The number of aryl methyl sites for hydroxylation is 1. The number of aliphatic carboxylic acids is 1. The Morgan fingerprint density at radius 2 is 1.62 bits per heavy atom. The first kappa shape index (κ1) is 27.4. The first-order valence-electron chi connectivity index (χ1n) is 14.4. The molecule has 1 heterocycles. The lowest BCUT2D eigenvalue weighted by Gasteiger charge is -2.29. The van der Waals surface area contributed by atoms with Crippen molar-refractivity contribution in [1.82, 2.24) is 5.43 Å². The number of hydrogen-bond donors (Lipinski definition) is 4. The molecular weight excluding hydrogens is 532 g/mol. The van der Waals surface area contributed by atoms with Crippen molar-refractivity contribution >= 4 is 23.2 Å². The molecule has 0 unspecified atom stereocenters. The molecule has 0 radical (unpaired) electrons. The number of carbonyl (C=O) groups is 1. The molecular formula is C33H34N4O5. The lowest BCUT2D eigenvalue weighted by atomic mass is 9.95. The van der Waals surface area contributed by atoms with Gasteiger partial charge in [0.2, 0.25) is 11.7 Å². The summed E-state index contributed by atoms with van der Waals surface area (Å²) >= 11 is 0. The highest BCUT2D eigenvalue weighted by Crippen LogP contribution is 2.58. The van der Waals surface area contributed by atoms with Gasteiger partial charge in [-0.1, -0.05) is 60.7 Å². The van der Waals surface area contributed by atoms with Crippen LogP contribution in [-0.2, 0) is 17.0 Å². The summed E-state index contributed by atoms with van der Waals surface area (Å²) in [6.07, 6.45) is 5.33. The molecule has 0 saturated carbocycles. The van der Waals surface area contributed by atoms with Gasteiger partial charge in [0.25, 0.3) is 0 Å². The van der Waals surface area contributed by atoms with Crippen molar-refractivity contribution in [2.24, 2.45) is 10.8 Å². The van der Waals surface area contributed by atoms with Crippen molar-refractivity contribution in [3.8, 4) is 17.2 Å². The first-order chi connectivity index (χ1) is 20.5.